The summed E-state index contributed by atoms with van der Waals surface area (Å²) in [6.07, 6.45) is -0.685. The van der Waals surface area contributed by atoms with Gasteiger partial charge in [0.2, 0.25) is 6.54 Å². The molecule has 0 saturated heterocycles. The summed E-state index contributed by atoms with van der Waals surface area (Å²) >= 11 is 0. The first-order valence-electron chi connectivity index (χ1n) is 4.64. The lowest BCUT2D eigenvalue weighted by Gasteiger charge is -2.14. The smallest absolute Gasteiger partial charge is 0.407 e. The molecule has 1 aromatic carbocycles. The molecule has 0 saturated carbocycles. The first-order chi connectivity index (χ1) is 7.63. The number of hydrogen-bond donors (Lipinski definition) is 1. The largest absolute Gasteiger partial charge is 0.453 e. The maximum Gasteiger partial charge on any atom is 0.407 e. The molecule has 0 aliphatic rings. The van der Waals surface area contributed by atoms with Gasteiger partial charge in [-0.15, -0.1) is 0 Å². The Balaban J connectivity index is 2.79. The molecule has 1 amide bonds. The van der Waals surface area contributed by atoms with Crippen LogP contribution in [0.3, 0.4) is 0 Å². The molecule has 0 radical (unpaired) electrons. The summed E-state index contributed by atoms with van der Waals surface area (Å²) in [5, 5.41) is 12.9. The number of carbonyl (C=O) groups is 1. The molecule has 0 bridgehead atoms. The maximum atomic E-state index is 11.0. The summed E-state index contributed by atoms with van der Waals surface area (Å²) in [6.45, 7) is -0.376. The second-order valence-electron chi connectivity index (χ2n) is 3.11. The molecule has 1 atom stereocenters. The first-order valence-corrected chi connectivity index (χ1v) is 4.64. The van der Waals surface area contributed by atoms with Crippen molar-refractivity contribution < 1.29 is 14.5 Å². The topological polar surface area (TPSA) is 81.5 Å². The molecule has 0 aliphatic carbocycles. The maximum absolute atomic E-state index is 11.0. The molecule has 0 unspecified atom stereocenters. The van der Waals surface area contributed by atoms with Crippen LogP contribution in [0.5, 0.6) is 0 Å². The highest BCUT2D eigenvalue weighted by Gasteiger charge is 2.19. The van der Waals surface area contributed by atoms with E-state index in [9.17, 15) is 14.9 Å². The molecule has 0 aliphatic heterocycles. The van der Waals surface area contributed by atoms with Gasteiger partial charge in [0.15, 0.2) is 0 Å². The van der Waals surface area contributed by atoms with Crippen molar-refractivity contribution in [2.75, 3.05) is 13.7 Å². The third-order valence-corrected chi connectivity index (χ3v) is 2.01. The zero-order valence-corrected chi connectivity index (χ0v) is 8.75. The number of rotatable bonds is 4. The Morgan fingerprint density at radius 3 is 2.62 bits per heavy atom. The minimum absolute atomic E-state index is 0.376. The van der Waals surface area contributed by atoms with E-state index in [1.54, 1.807) is 30.3 Å². The lowest BCUT2D eigenvalue weighted by atomic mass is 10.1. The molecule has 0 fully saturated rings. The van der Waals surface area contributed by atoms with Gasteiger partial charge in [0.25, 0.3) is 0 Å². The molecule has 86 valence electrons. The van der Waals surface area contributed by atoms with Crippen LogP contribution in [0.15, 0.2) is 30.3 Å². The van der Waals surface area contributed by atoms with Gasteiger partial charge < -0.3 is 10.1 Å². The van der Waals surface area contributed by atoms with Gasteiger partial charge in [-0.25, -0.2) is 4.79 Å². The van der Waals surface area contributed by atoms with E-state index in [1.165, 1.54) is 7.11 Å². The van der Waals surface area contributed by atoms with Crippen molar-refractivity contribution in [3.05, 3.63) is 46.0 Å². The van der Waals surface area contributed by atoms with Crippen molar-refractivity contribution in [1.29, 1.82) is 0 Å². The predicted octanol–water partition coefficient (Wildman–Crippen LogP) is 1.36. The molecule has 6 heteroatoms. The second kappa shape index (κ2) is 5.69. The highest BCUT2D eigenvalue weighted by atomic mass is 16.6. The fourth-order valence-corrected chi connectivity index (χ4v) is 1.27. The van der Waals surface area contributed by atoms with Crippen LogP contribution in [0, 0.1) is 10.1 Å². The normalized spacial score (nSPS) is 11.6. The number of alkyl carbamates (subject to hydrolysis) is 1. The van der Waals surface area contributed by atoms with Crippen LogP contribution in [0.25, 0.3) is 0 Å². The van der Waals surface area contributed by atoms with E-state index in [0.717, 1.165) is 0 Å². The third kappa shape index (κ3) is 3.56. The van der Waals surface area contributed by atoms with Crippen molar-refractivity contribution in [3.63, 3.8) is 0 Å². The van der Waals surface area contributed by atoms with Crippen molar-refractivity contribution in [2.24, 2.45) is 0 Å². The Hall–Kier alpha value is -2.11. The molecule has 0 heterocycles. The number of benzene rings is 1. The minimum atomic E-state index is -0.685. The Morgan fingerprint density at radius 2 is 2.12 bits per heavy atom. The number of nitrogens with zero attached hydrogens (tertiary/aromatic N) is 1. The van der Waals surface area contributed by atoms with E-state index in [1.807, 2.05) is 0 Å². The fraction of sp³-hybridized carbons (Fsp3) is 0.300. The van der Waals surface area contributed by atoms with Gasteiger partial charge in [0.1, 0.15) is 6.04 Å². The fourth-order valence-electron chi connectivity index (χ4n) is 1.27. The van der Waals surface area contributed by atoms with Gasteiger partial charge in [0.05, 0.1) is 7.11 Å². The van der Waals surface area contributed by atoms with E-state index in [4.69, 9.17) is 0 Å². The molecule has 1 rings (SSSR count). The van der Waals surface area contributed by atoms with Gasteiger partial charge in [-0.05, 0) is 5.56 Å². The van der Waals surface area contributed by atoms with Crippen LogP contribution in [-0.2, 0) is 4.74 Å². The number of amides is 1. The molecule has 0 aromatic heterocycles. The highest BCUT2D eigenvalue weighted by molar-refractivity contribution is 5.67. The van der Waals surface area contributed by atoms with Gasteiger partial charge in [-0.3, -0.25) is 10.1 Å². The van der Waals surface area contributed by atoms with Crippen molar-refractivity contribution >= 4 is 6.09 Å². The van der Waals surface area contributed by atoms with E-state index in [0.29, 0.717) is 5.56 Å². The number of nitrogens with one attached hydrogen (secondary N) is 1. The van der Waals surface area contributed by atoms with E-state index >= 15 is 0 Å². The van der Waals surface area contributed by atoms with E-state index in [-0.39, 0.29) is 6.54 Å². The number of hydrogen-bond acceptors (Lipinski definition) is 4. The van der Waals surface area contributed by atoms with Crippen LogP contribution in [0.1, 0.15) is 11.6 Å². The molecule has 1 N–H and O–H groups in total. The van der Waals surface area contributed by atoms with Crippen molar-refractivity contribution in [3.8, 4) is 0 Å². The Kier molecular flexibility index (Phi) is 4.26. The SMILES string of the molecule is COC(=O)N[C@H](C[N+](=O)[O-])c1ccccc1. The zero-order chi connectivity index (χ0) is 12.0. The average Bonchev–Trinajstić information content (AvgIpc) is 2.28. The molecule has 6 nitrogen and oxygen atoms in total. The zero-order valence-electron chi connectivity index (χ0n) is 8.75. The highest BCUT2D eigenvalue weighted by Crippen LogP contribution is 2.12. The average molecular weight is 224 g/mol. The monoisotopic (exact) mass is 224 g/mol. The lowest BCUT2D eigenvalue weighted by Crippen LogP contribution is -2.32. The van der Waals surface area contributed by atoms with E-state index in [2.05, 4.69) is 10.1 Å². The Morgan fingerprint density at radius 1 is 1.50 bits per heavy atom. The molecule has 1 aromatic rings. The van der Waals surface area contributed by atoms with Crippen LogP contribution >= 0.6 is 0 Å². The Bertz CT molecular complexity index is 366. The number of ether oxygens (including phenoxy) is 1. The van der Waals surface area contributed by atoms with Gasteiger partial charge >= 0.3 is 6.09 Å². The summed E-state index contributed by atoms with van der Waals surface area (Å²) in [5.41, 5.74) is 0.671. The summed E-state index contributed by atoms with van der Waals surface area (Å²) in [6, 6.07) is 8.05. The summed E-state index contributed by atoms with van der Waals surface area (Å²) in [5.74, 6) is 0. The second-order valence-corrected chi connectivity index (χ2v) is 3.11. The van der Waals surface area contributed by atoms with Crippen LogP contribution < -0.4 is 5.32 Å². The Labute approximate surface area is 92.4 Å². The van der Waals surface area contributed by atoms with Crippen molar-refractivity contribution in [2.45, 2.75) is 6.04 Å². The molecule has 16 heavy (non-hydrogen) atoms. The summed E-state index contributed by atoms with van der Waals surface area (Å²) in [7, 11) is 1.21. The van der Waals surface area contributed by atoms with E-state index < -0.39 is 17.1 Å². The summed E-state index contributed by atoms with van der Waals surface area (Å²) < 4.78 is 4.41. The van der Waals surface area contributed by atoms with Crippen LogP contribution in [0.2, 0.25) is 0 Å². The van der Waals surface area contributed by atoms with Crippen LogP contribution in [0.4, 0.5) is 4.79 Å². The van der Waals surface area contributed by atoms with Gasteiger partial charge in [-0.2, -0.15) is 0 Å². The third-order valence-electron chi connectivity index (χ3n) is 2.01. The predicted molar refractivity (Wildman–Crippen MR) is 56.6 cm³/mol. The van der Waals surface area contributed by atoms with Crippen molar-refractivity contribution in [1.82, 2.24) is 5.32 Å². The lowest BCUT2D eigenvalue weighted by molar-refractivity contribution is -0.484. The molecule has 0 spiro atoms. The summed E-state index contributed by atoms with van der Waals surface area (Å²) in [4.78, 5) is 21.0. The standard InChI is InChI=1S/C10H12N2O4/c1-16-10(13)11-9(7-12(14)15)8-5-3-2-4-6-8/h2-6,9H,7H2,1H3,(H,11,13)/t9-/m1/s1. The number of carbonyl (C=O) groups excluding carboxylic acids is 1. The molecular formula is C10H12N2O4. The number of nitro groups is 1. The first kappa shape index (κ1) is 12.0. The van der Waals surface area contributed by atoms with Gasteiger partial charge in [0, 0.05) is 4.92 Å². The quantitative estimate of drug-likeness (QED) is 0.618. The minimum Gasteiger partial charge on any atom is -0.453 e. The number of methoxy groups -OCH3 is 1. The molecular weight excluding hydrogens is 212 g/mol. The van der Waals surface area contributed by atoms with Gasteiger partial charge in [-0.1, -0.05) is 30.3 Å². The van der Waals surface area contributed by atoms with Crippen LogP contribution in [-0.4, -0.2) is 24.7 Å².